The van der Waals surface area contributed by atoms with Gasteiger partial charge in [-0.25, -0.2) is 0 Å². The number of benzene rings is 2. The molecule has 1 aliphatic heterocycles. The summed E-state index contributed by atoms with van der Waals surface area (Å²) in [7, 11) is 5.16. The Morgan fingerprint density at radius 1 is 0.897 bits per heavy atom. The second kappa shape index (κ2) is 10.8. The molecule has 1 fully saturated rings. The lowest BCUT2D eigenvalue weighted by Crippen LogP contribution is -2.35. The van der Waals surface area contributed by atoms with Crippen molar-refractivity contribution in [2.45, 2.75) is 18.9 Å². The number of nitriles is 2. The van der Waals surface area contributed by atoms with Crippen molar-refractivity contribution in [2.75, 3.05) is 34.4 Å². The Labute approximate surface area is 171 Å². The first kappa shape index (κ1) is 21.9. The zero-order chi connectivity index (χ0) is 21.2. The maximum atomic E-state index is 9.10. The average Bonchev–Trinajstić information content (AvgIpc) is 2.76. The average molecular weight is 395 g/mol. The first-order valence-corrected chi connectivity index (χ1v) is 9.21. The minimum Gasteiger partial charge on any atom is -0.504 e. The van der Waals surface area contributed by atoms with E-state index in [9.17, 15) is 0 Å². The van der Waals surface area contributed by atoms with Crippen LogP contribution in [0, 0.1) is 22.7 Å². The molecule has 0 atom stereocenters. The zero-order valence-corrected chi connectivity index (χ0v) is 16.9. The highest BCUT2D eigenvalue weighted by atomic mass is 16.5. The number of hydrogen-bond acceptors (Lipinski definition) is 7. The third kappa shape index (κ3) is 6.31. The molecule has 7 heteroatoms. The molecule has 0 spiro atoms. The van der Waals surface area contributed by atoms with Gasteiger partial charge in [0.05, 0.1) is 37.5 Å². The summed E-state index contributed by atoms with van der Waals surface area (Å²) in [4.78, 5) is 2.30. The molecule has 1 saturated heterocycles. The van der Waals surface area contributed by atoms with Crippen molar-refractivity contribution in [2.24, 2.45) is 0 Å². The van der Waals surface area contributed by atoms with Gasteiger partial charge in [0.15, 0.2) is 23.0 Å². The molecule has 0 saturated carbocycles. The molecule has 1 heterocycles. The summed E-state index contributed by atoms with van der Waals surface area (Å²) in [5, 5.41) is 26.4. The summed E-state index contributed by atoms with van der Waals surface area (Å²) < 4.78 is 16.0. The van der Waals surface area contributed by atoms with Crippen LogP contribution >= 0.6 is 0 Å². The predicted octanol–water partition coefficient (Wildman–Crippen LogP) is 3.31. The largest absolute Gasteiger partial charge is 0.504 e. The van der Waals surface area contributed by atoms with Crippen molar-refractivity contribution >= 4 is 0 Å². The fourth-order valence-electron chi connectivity index (χ4n) is 2.86. The fourth-order valence-corrected chi connectivity index (χ4v) is 2.86. The summed E-state index contributed by atoms with van der Waals surface area (Å²) in [6.07, 6.45) is 2.29. The van der Waals surface area contributed by atoms with Crippen molar-refractivity contribution in [3.8, 4) is 35.1 Å². The summed E-state index contributed by atoms with van der Waals surface area (Å²) in [6, 6.07) is 13.8. The van der Waals surface area contributed by atoms with Crippen LogP contribution in [-0.4, -0.2) is 50.5 Å². The van der Waals surface area contributed by atoms with E-state index >= 15 is 0 Å². The molecule has 2 aromatic carbocycles. The summed E-state index contributed by atoms with van der Waals surface area (Å²) >= 11 is 0. The molecule has 29 heavy (non-hydrogen) atoms. The quantitative estimate of drug-likeness (QED) is 0.848. The van der Waals surface area contributed by atoms with Crippen LogP contribution in [0.1, 0.15) is 24.0 Å². The lowest BCUT2D eigenvalue weighted by atomic mass is 10.1. The van der Waals surface area contributed by atoms with Gasteiger partial charge in [0.1, 0.15) is 6.10 Å². The molecule has 0 aromatic heterocycles. The first-order chi connectivity index (χ1) is 14.0. The van der Waals surface area contributed by atoms with E-state index < -0.39 is 0 Å². The lowest BCUT2D eigenvalue weighted by molar-refractivity contribution is 0.111. The lowest BCUT2D eigenvalue weighted by Gasteiger charge is -2.29. The Morgan fingerprint density at radius 2 is 1.45 bits per heavy atom. The molecule has 0 unspecified atom stereocenters. The first-order valence-electron chi connectivity index (χ1n) is 9.21. The van der Waals surface area contributed by atoms with E-state index in [0.29, 0.717) is 22.6 Å². The van der Waals surface area contributed by atoms with Crippen LogP contribution in [0.25, 0.3) is 0 Å². The summed E-state index contributed by atoms with van der Waals surface area (Å²) in [5.41, 5.74) is 1.06. The number of methoxy groups -OCH3 is 2. The Balaban J connectivity index is 0.000000234. The van der Waals surface area contributed by atoms with Crippen LogP contribution in [0.15, 0.2) is 36.4 Å². The van der Waals surface area contributed by atoms with Crippen molar-refractivity contribution in [1.82, 2.24) is 4.90 Å². The van der Waals surface area contributed by atoms with E-state index in [1.807, 2.05) is 12.1 Å². The second-order valence-corrected chi connectivity index (χ2v) is 6.60. The molecule has 152 valence electrons. The van der Waals surface area contributed by atoms with Crippen molar-refractivity contribution < 1.29 is 19.3 Å². The number of nitrogens with zero attached hydrogens (tertiary/aromatic N) is 3. The molecule has 0 bridgehead atoms. The number of likely N-dealkylation sites (tertiary alicyclic amines) is 1. The van der Waals surface area contributed by atoms with Gasteiger partial charge in [-0.05, 0) is 44.2 Å². The molecule has 0 aliphatic carbocycles. The SMILES string of the molecule is COc1cc(C#N)ccc1O.COc1cc(C#N)ccc1OC1CCN(C)CC1. The number of ether oxygens (including phenoxy) is 3. The van der Waals surface area contributed by atoms with Crippen molar-refractivity contribution in [1.29, 1.82) is 10.5 Å². The molecular formula is C22H25N3O4. The van der Waals surface area contributed by atoms with E-state index in [4.69, 9.17) is 29.8 Å². The molecular weight excluding hydrogens is 370 g/mol. The maximum absolute atomic E-state index is 9.10. The minimum atomic E-state index is 0.0477. The van der Waals surface area contributed by atoms with Crippen molar-refractivity contribution in [3.63, 3.8) is 0 Å². The molecule has 2 aromatic rings. The van der Waals surface area contributed by atoms with Gasteiger partial charge in [-0.15, -0.1) is 0 Å². The van der Waals surface area contributed by atoms with E-state index in [0.717, 1.165) is 31.7 Å². The van der Waals surface area contributed by atoms with Crippen LogP contribution in [0.2, 0.25) is 0 Å². The second-order valence-electron chi connectivity index (χ2n) is 6.60. The number of aromatic hydroxyl groups is 1. The van der Waals surface area contributed by atoms with Crippen LogP contribution in [0.5, 0.6) is 23.0 Å². The topological polar surface area (TPSA) is 98.7 Å². The highest BCUT2D eigenvalue weighted by Crippen LogP contribution is 2.30. The van der Waals surface area contributed by atoms with Gasteiger partial charge in [-0.2, -0.15) is 10.5 Å². The number of rotatable bonds is 4. The van der Waals surface area contributed by atoms with Crippen LogP contribution < -0.4 is 14.2 Å². The molecule has 3 rings (SSSR count). The maximum Gasteiger partial charge on any atom is 0.162 e. The summed E-state index contributed by atoms with van der Waals surface area (Å²) in [5.74, 6) is 1.73. The van der Waals surface area contributed by atoms with Gasteiger partial charge >= 0.3 is 0 Å². The third-order valence-corrected chi connectivity index (χ3v) is 4.56. The Kier molecular flexibility index (Phi) is 8.14. The van der Waals surface area contributed by atoms with Crippen LogP contribution in [0.3, 0.4) is 0 Å². The van der Waals surface area contributed by atoms with E-state index in [-0.39, 0.29) is 11.9 Å². The highest BCUT2D eigenvalue weighted by molar-refractivity contribution is 5.47. The Hall–Kier alpha value is -3.42. The normalized spacial score (nSPS) is 14.0. The summed E-state index contributed by atoms with van der Waals surface area (Å²) in [6.45, 7) is 2.12. The monoisotopic (exact) mass is 395 g/mol. The van der Waals surface area contributed by atoms with Gasteiger partial charge < -0.3 is 24.2 Å². The van der Waals surface area contributed by atoms with Gasteiger partial charge in [0, 0.05) is 25.2 Å². The number of hydrogen-bond donors (Lipinski definition) is 1. The number of phenols is 1. The smallest absolute Gasteiger partial charge is 0.162 e. The number of piperidine rings is 1. The minimum absolute atomic E-state index is 0.0477. The van der Waals surface area contributed by atoms with Gasteiger partial charge in [0.2, 0.25) is 0 Å². The van der Waals surface area contributed by atoms with Gasteiger partial charge in [-0.1, -0.05) is 0 Å². The molecule has 0 amide bonds. The standard InChI is InChI=1S/C14H18N2O2.C8H7NO2/c1-16-7-5-12(6-8-16)18-13-4-3-11(10-15)9-14(13)17-2;1-11-8-4-6(5-9)2-3-7(8)10/h3-4,9,12H,5-8H2,1-2H3;2-4,10H,1H3. The molecule has 7 nitrogen and oxygen atoms in total. The third-order valence-electron chi connectivity index (χ3n) is 4.56. The molecule has 1 aliphatic rings. The number of phenolic OH excluding ortho intramolecular Hbond substituents is 1. The zero-order valence-electron chi connectivity index (χ0n) is 16.9. The van der Waals surface area contributed by atoms with Crippen LogP contribution in [-0.2, 0) is 0 Å². The van der Waals surface area contributed by atoms with Gasteiger partial charge in [-0.3, -0.25) is 0 Å². The molecule has 1 N–H and O–H groups in total. The molecule has 0 radical (unpaired) electrons. The van der Waals surface area contributed by atoms with E-state index in [2.05, 4.69) is 18.0 Å². The fraction of sp³-hybridized carbons (Fsp3) is 0.364. The van der Waals surface area contributed by atoms with Crippen molar-refractivity contribution in [3.05, 3.63) is 47.5 Å². The van der Waals surface area contributed by atoms with E-state index in [1.165, 1.54) is 25.3 Å². The Bertz CT molecular complexity index is 894. The van der Waals surface area contributed by atoms with Gasteiger partial charge in [0.25, 0.3) is 0 Å². The van der Waals surface area contributed by atoms with Crippen LogP contribution in [0.4, 0.5) is 0 Å². The Morgan fingerprint density at radius 3 is 2.00 bits per heavy atom. The predicted molar refractivity (Wildman–Crippen MR) is 108 cm³/mol. The highest BCUT2D eigenvalue weighted by Gasteiger charge is 2.19. The van der Waals surface area contributed by atoms with E-state index in [1.54, 1.807) is 19.2 Å².